The minimum Gasteiger partial charge on any atom is -0.483 e. The Morgan fingerprint density at radius 1 is 1.47 bits per heavy atom. The molecular formula is C10H11ClFNO2. The van der Waals surface area contributed by atoms with Crippen molar-refractivity contribution in [2.24, 2.45) is 0 Å². The van der Waals surface area contributed by atoms with Crippen molar-refractivity contribution >= 4 is 11.6 Å². The highest BCUT2D eigenvalue weighted by atomic mass is 35.5. The Morgan fingerprint density at radius 3 is 2.93 bits per heavy atom. The van der Waals surface area contributed by atoms with Gasteiger partial charge < -0.3 is 15.2 Å². The Labute approximate surface area is 91.8 Å². The van der Waals surface area contributed by atoms with E-state index in [2.05, 4.69) is 5.32 Å². The highest BCUT2D eigenvalue weighted by Crippen LogP contribution is 2.25. The molecule has 2 N–H and O–H groups in total. The highest BCUT2D eigenvalue weighted by Gasteiger charge is 2.27. The standard InChI is InChI=1S/C10H11ClFNO2/c11-6-2-1-3-8(10(6)12)15-9-5-13-4-7(9)14/h1-3,7,9,13-14H,4-5H2. The van der Waals surface area contributed by atoms with E-state index in [0.29, 0.717) is 13.1 Å². The second kappa shape index (κ2) is 4.35. The summed E-state index contributed by atoms with van der Waals surface area (Å²) >= 11 is 5.60. The van der Waals surface area contributed by atoms with Crippen LogP contribution in [-0.2, 0) is 0 Å². The molecule has 2 unspecified atom stereocenters. The molecule has 1 aliphatic rings. The van der Waals surface area contributed by atoms with Crippen LogP contribution in [0.25, 0.3) is 0 Å². The van der Waals surface area contributed by atoms with E-state index in [0.717, 1.165) is 0 Å². The fourth-order valence-corrected chi connectivity index (χ4v) is 1.67. The number of β-amino-alcohol motifs (C(OH)–C–C–N with tert-alkyl or cyclic N) is 1. The molecule has 15 heavy (non-hydrogen) atoms. The Kier molecular flexibility index (Phi) is 3.09. The lowest BCUT2D eigenvalue weighted by atomic mass is 10.2. The van der Waals surface area contributed by atoms with Crippen LogP contribution in [0.4, 0.5) is 4.39 Å². The third-order valence-electron chi connectivity index (χ3n) is 2.32. The second-order valence-corrected chi connectivity index (χ2v) is 3.84. The Hall–Kier alpha value is -0.840. The Bertz CT molecular complexity index is 361. The SMILES string of the molecule is OC1CNCC1Oc1cccc(Cl)c1F. The van der Waals surface area contributed by atoms with Gasteiger partial charge in [0.15, 0.2) is 11.6 Å². The Morgan fingerprint density at radius 2 is 2.27 bits per heavy atom. The zero-order valence-electron chi connectivity index (χ0n) is 7.91. The molecule has 82 valence electrons. The van der Waals surface area contributed by atoms with E-state index in [1.807, 2.05) is 0 Å². The van der Waals surface area contributed by atoms with Gasteiger partial charge in [-0.3, -0.25) is 0 Å². The molecule has 0 aliphatic carbocycles. The van der Waals surface area contributed by atoms with Gasteiger partial charge in [0.25, 0.3) is 0 Å². The van der Waals surface area contributed by atoms with Crippen molar-refractivity contribution in [3.8, 4) is 5.75 Å². The molecule has 1 heterocycles. The lowest BCUT2D eigenvalue weighted by molar-refractivity contribution is 0.0711. The maximum absolute atomic E-state index is 13.4. The fraction of sp³-hybridized carbons (Fsp3) is 0.400. The number of nitrogens with one attached hydrogen (secondary N) is 1. The van der Waals surface area contributed by atoms with Crippen LogP contribution in [0.1, 0.15) is 0 Å². The molecule has 0 bridgehead atoms. The molecule has 3 nitrogen and oxygen atoms in total. The largest absolute Gasteiger partial charge is 0.483 e. The summed E-state index contributed by atoms with van der Waals surface area (Å²) in [4.78, 5) is 0. The molecule has 0 amide bonds. The van der Waals surface area contributed by atoms with Crippen LogP contribution < -0.4 is 10.1 Å². The quantitative estimate of drug-likeness (QED) is 0.804. The first-order chi connectivity index (χ1) is 7.18. The molecule has 0 saturated carbocycles. The van der Waals surface area contributed by atoms with E-state index in [9.17, 15) is 9.50 Å². The molecular weight excluding hydrogens is 221 g/mol. The summed E-state index contributed by atoms with van der Waals surface area (Å²) in [5.41, 5.74) is 0. The van der Waals surface area contributed by atoms with E-state index in [-0.39, 0.29) is 10.8 Å². The minimum atomic E-state index is -0.608. The van der Waals surface area contributed by atoms with Gasteiger partial charge in [0.2, 0.25) is 0 Å². The van der Waals surface area contributed by atoms with Crippen LogP contribution in [0, 0.1) is 5.82 Å². The first-order valence-corrected chi connectivity index (χ1v) is 5.05. The van der Waals surface area contributed by atoms with Crippen molar-refractivity contribution in [1.82, 2.24) is 5.32 Å². The molecule has 2 rings (SSSR count). The zero-order valence-corrected chi connectivity index (χ0v) is 8.67. The molecule has 0 spiro atoms. The molecule has 2 atom stereocenters. The van der Waals surface area contributed by atoms with Crippen molar-refractivity contribution in [2.45, 2.75) is 12.2 Å². The summed E-state index contributed by atoms with van der Waals surface area (Å²) < 4.78 is 18.8. The smallest absolute Gasteiger partial charge is 0.183 e. The lowest BCUT2D eigenvalue weighted by Crippen LogP contribution is -2.30. The topological polar surface area (TPSA) is 41.5 Å². The summed E-state index contributed by atoms with van der Waals surface area (Å²) in [5, 5.41) is 12.4. The van der Waals surface area contributed by atoms with Gasteiger partial charge in [-0.1, -0.05) is 17.7 Å². The molecule has 0 radical (unpaired) electrons. The third kappa shape index (κ3) is 2.22. The van der Waals surface area contributed by atoms with Gasteiger partial charge in [-0.25, -0.2) is 4.39 Å². The predicted octanol–water partition coefficient (Wildman–Crippen LogP) is 1.19. The van der Waals surface area contributed by atoms with Crippen LogP contribution in [0.15, 0.2) is 18.2 Å². The number of halogens is 2. The van der Waals surface area contributed by atoms with Crippen LogP contribution >= 0.6 is 11.6 Å². The maximum Gasteiger partial charge on any atom is 0.183 e. The van der Waals surface area contributed by atoms with Crippen molar-refractivity contribution in [3.63, 3.8) is 0 Å². The average Bonchev–Trinajstić information content (AvgIpc) is 2.60. The van der Waals surface area contributed by atoms with Crippen molar-refractivity contribution in [1.29, 1.82) is 0 Å². The number of hydrogen-bond donors (Lipinski definition) is 2. The molecule has 1 aromatic rings. The molecule has 1 fully saturated rings. The van der Waals surface area contributed by atoms with Crippen molar-refractivity contribution in [2.75, 3.05) is 13.1 Å². The van der Waals surface area contributed by atoms with Gasteiger partial charge in [0.05, 0.1) is 5.02 Å². The van der Waals surface area contributed by atoms with Gasteiger partial charge in [0, 0.05) is 13.1 Å². The van der Waals surface area contributed by atoms with Gasteiger partial charge in [0.1, 0.15) is 12.2 Å². The highest BCUT2D eigenvalue weighted by molar-refractivity contribution is 6.30. The van der Waals surface area contributed by atoms with Crippen molar-refractivity contribution in [3.05, 3.63) is 29.0 Å². The van der Waals surface area contributed by atoms with Gasteiger partial charge in [-0.05, 0) is 12.1 Å². The fourth-order valence-electron chi connectivity index (χ4n) is 1.50. The van der Waals surface area contributed by atoms with E-state index >= 15 is 0 Å². The number of rotatable bonds is 2. The van der Waals surface area contributed by atoms with E-state index in [1.165, 1.54) is 12.1 Å². The number of hydrogen-bond acceptors (Lipinski definition) is 3. The number of aliphatic hydroxyl groups excluding tert-OH is 1. The van der Waals surface area contributed by atoms with Crippen LogP contribution in [-0.4, -0.2) is 30.4 Å². The van der Waals surface area contributed by atoms with Gasteiger partial charge in [-0.15, -0.1) is 0 Å². The second-order valence-electron chi connectivity index (χ2n) is 3.43. The molecule has 0 aromatic heterocycles. The first kappa shape index (κ1) is 10.7. The number of aliphatic hydroxyl groups is 1. The van der Waals surface area contributed by atoms with Crippen LogP contribution in [0.3, 0.4) is 0 Å². The van der Waals surface area contributed by atoms with Crippen LogP contribution in [0.5, 0.6) is 5.75 Å². The van der Waals surface area contributed by atoms with Crippen molar-refractivity contribution < 1.29 is 14.2 Å². The number of benzene rings is 1. The molecule has 1 aromatic carbocycles. The van der Waals surface area contributed by atoms with E-state index < -0.39 is 18.0 Å². The summed E-state index contributed by atoms with van der Waals surface area (Å²) in [6.07, 6.45) is -1.03. The maximum atomic E-state index is 13.4. The normalized spacial score (nSPS) is 25.5. The predicted molar refractivity (Wildman–Crippen MR) is 54.7 cm³/mol. The average molecular weight is 232 g/mol. The summed E-state index contributed by atoms with van der Waals surface area (Å²) in [6.45, 7) is 0.972. The third-order valence-corrected chi connectivity index (χ3v) is 2.61. The van der Waals surface area contributed by atoms with Gasteiger partial charge >= 0.3 is 0 Å². The molecule has 1 saturated heterocycles. The monoisotopic (exact) mass is 231 g/mol. The summed E-state index contributed by atoms with van der Waals surface area (Å²) in [5.74, 6) is -0.506. The summed E-state index contributed by atoms with van der Waals surface area (Å²) in [7, 11) is 0. The first-order valence-electron chi connectivity index (χ1n) is 4.68. The summed E-state index contributed by atoms with van der Waals surface area (Å²) in [6, 6.07) is 4.55. The van der Waals surface area contributed by atoms with Gasteiger partial charge in [-0.2, -0.15) is 0 Å². The minimum absolute atomic E-state index is 0.0212. The Balaban J connectivity index is 2.13. The van der Waals surface area contributed by atoms with E-state index in [4.69, 9.17) is 16.3 Å². The van der Waals surface area contributed by atoms with E-state index in [1.54, 1.807) is 6.07 Å². The van der Waals surface area contributed by atoms with Crippen LogP contribution in [0.2, 0.25) is 5.02 Å². The number of ether oxygens (including phenoxy) is 1. The molecule has 5 heteroatoms. The lowest BCUT2D eigenvalue weighted by Gasteiger charge is -2.16. The zero-order chi connectivity index (χ0) is 10.8. The molecule has 1 aliphatic heterocycles.